The molecule has 1 saturated heterocycles. The van der Waals surface area contributed by atoms with Gasteiger partial charge in [0.25, 0.3) is 0 Å². The van der Waals surface area contributed by atoms with Crippen molar-refractivity contribution in [2.75, 3.05) is 26.7 Å². The summed E-state index contributed by atoms with van der Waals surface area (Å²) in [7, 11) is 1.65. The van der Waals surface area contributed by atoms with Crippen molar-refractivity contribution < 1.29 is 9.53 Å². The molecule has 104 valence electrons. The van der Waals surface area contributed by atoms with Crippen LogP contribution in [0.5, 0.6) is 5.75 Å². The maximum Gasteiger partial charge on any atom is 0.227 e. The highest BCUT2D eigenvalue weighted by molar-refractivity contribution is 5.79. The average molecular weight is 262 g/mol. The van der Waals surface area contributed by atoms with Gasteiger partial charge in [0.2, 0.25) is 5.91 Å². The van der Waals surface area contributed by atoms with Crippen LogP contribution in [0, 0.1) is 0 Å². The number of methoxy groups -OCH3 is 1. The van der Waals surface area contributed by atoms with Gasteiger partial charge in [-0.05, 0) is 24.1 Å². The van der Waals surface area contributed by atoms with Gasteiger partial charge in [0.1, 0.15) is 5.75 Å². The lowest BCUT2D eigenvalue weighted by Gasteiger charge is -2.38. The Morgan fingerprint density at radius 3 is 2.53 bits per heavy atom. The molecule has 1 heterocycles. The van der Waals surface area contributed by atoms with E-state index in [1.165, 1.54) is 0 Å². The second-order valence-electron chi connectivity index (χ2n) is 4.92. The van der Waals surface area contributed by atoms with Crippen LogP contribution in [0.1, 0.15) is 18.9 Å². The molecule has 1 aromatic carbocycles. The molecule has 4 nitrogen and oxygen atoms in total. The minimum absolute atomic E-state index is 0.221. The van der Waals surface area contributed by atoms with Gasteiger partial charge in [0, 0.05) is 19.6 Å². The summed E-state index contributed by atoms with van der Waals surface area (Å²) in [5.41, 5.74) is 1.04. The molecular formula is C15H22N2O2. The zero-order chi connectivity index (χ0) is 13.7. The second kappa shape index (κ2) is 6.57. The summed E-state index contributed by atoms with van der Waals surface area (Å²) in [5.74, 6) is 1.04. The van der Waals surface area contributed by atoms with Gasteiger partial charge in [0.05, 0.1) is 19.6 Å². The highest BCUT2D eigenvalue weighted by Gasteiger charge is 2.27. The van der Waals surface area contributed by atoms with Gasteiger partial charge in [-0.3, -0.25) is 4.79 Å². The van der Waals surface area contributed by atoms with Crippen LogP contribution in [-0.4, -0.2) is 43.6 Å². The Labute approximate surface area is 114 Å². The molecule has 1 aliphatic heterocycles. The van der Waals surface area contributed by atoms with E-state index in [1.807, 2.05) is 29.2 Å². The van der Waals surface area contributed by atoms with Crippen molar-refractivity contribution in [1.82, 2.24) is 10.2 Å². The third-order valence-corrected chi connectivity index (χ3v) is 3.50. The maximum absolute atomic E-state index is 12.4. The quantitative estimate of drug-likeness (QED) is 0.843. The van der Waals surface area contributed by atoms with Crippen molar-refractivity contribution in [3.8, 4) is 5.75 Å². The van der Waals surface area contributed by atoms with Gasteiger partial charge < -0.3 is 15.0 Å². The predicted molar refractivity (Wildman–Crippen MR) is 75.4 cm³/mol. The number of benzene rings is 1. The van der Waals surface area contributed by atoms with Gasteiger partial charge in [0.15, 0.2) is 0 Å². The van der Waals surface area contributed by atoms with Gasteiger partial charge in [-0.25, -0.2) is 0 Å². The van der Waals surface area contributed by atoms with Gasteiger partial charge >= 0.3 is 0 Å². The molecule has 0 radical (unpaired) electrons. The third-order valence-electron chi connectivity index (χ3n) is 3.50. The first-order chi connectivity index (χ1) is 9.24. The normalized spacial score (nSPS) is 14.8. The van der Waals surface area contributed by atoms with Crippen LogP contribution >= 0.6 is 0 Å². The van der Waals surface area contributed by atoms with Crippen molar-refractivity contribution in [3.63, 3.8) is 0 Å². The standard InChI is InChI=1S/C15H22N2O2/c1-3-8-17(13-10-16-11-13)15(18)9-12-4-6-14(19-2)7-5-12/h4-7,13,16H,3,8-11H2,1-2H3. The lowest BCUT2D eigenvalue weighted by Crippen LogP contribution is -2.59. The van der Waals surface area contributed by atoms with E-state index in [2.05, 4.69) is 12.2 Å². The maximum atomic E-state index is 12.4. The summed E-state index contributed by atoms with van der Waals surface area (Å²) in [5, 5.41) is 3.22. The van der Waals surface area contributed by atoms with Crippen LogP contribution in [0.15, 0.2) is 24.3 Å². The largest absolute Gasteiger partial charge is 0.497 e. The first-order valence-corrected chi connectivity index (χ1v) is 6.87. The molecule has 19 heavy (non-hydrogen) atoms. The van der Waals surface area contributed by atoms with Gasteiger partial charge in [-0.2, -0.15) is 0 Å². The van der Waals surface area contributed by atoms with Crippen molar-refractivity contribution in [2.45, 2.75) is 25.8 Å². The third kappa shape index (κ3) is 3.47. The fourth-order valence-electron chi connectivity index (χ4n) is 2.27. The number of carbonyl (C=O) groups is 1. The fraction of sp³-hybridized carbons (Fsp3) is 0.533. The molecule has 1 aliphatic rings. The molecule has 0 bridgehead atoms. The smallest absolute Gasteiger partial charge is 0.227 e. The zero-order valence-electron chi connectivity index (χ0n) is 11.7. The van der Waals surface area contributed by atoms with E-state index >= 15 is 0 Å². The van der Waals surface area contributed by atoms with Crippen LogP contribution in [0.4, 0.5) is 0 Å². The van der Waals surface area contributed by atoms with Gasteiger partial charge in [-0.15, -0.1) is 0 Å². The zero-order valence-corrected chi connectivity index (χ0v) is 11.7. The number of nitrogens with one attached hydrogen (secondary N) is 1. The Balaban J connectivity index is 1.96. The number of hydrogen-bond donors (Lipinski definition) is 1. The molecule has 0 aromatic heterocycles. The molecule has 0 spiro atoms. The van der Waals surface area contributed by atoms with Crippen molar-refractivity contribution in [3.05, 3.63) is 29.8 Å². The molecule has 4 heteroatoms. The number of carbonyl (C=O) groups excluding carboxylic acids is 1. The minimum atomic E-state index is 0.221. The second-order valence-corrected chi connectivity index (χ2v) is 4.92. The van der Waals surface area contributed by atoms with Gasteiger partial charge in [-0.1, -0.05) is 19.1 Å². The number of amides is 1. The molecule has 1 fully saturated rings. The summed E-state index contributed by atoms with van der Waals surface area (Å²) in [6.45, 7) is 4.81. The van der Waals surface area contributed by atoms with E-state index in [9.17, 15) is 4.79 Å². The molecule has 0 aliphatic carbocycles. The Morgan fingerprint density at radius 1 is 1.37 bits per heavy atom. The number of nitrogens with zero attached hydrogens (tertiary/aromatic N) is 1. The van der Waals surface area contributed by atoms with E-state index < -0.39 is 0 Å². The van der Waals surface area contributed by atoms with Crippen molar-refractivity contribution in [1.29, 1.82) is 0 Å². The van der Waals surface area contributed by atoms with Crippen molar-refractivity contribution >= 4 is 5.91 Å². The molecule has 1 N–H and O–H groups in total. The number of hydrogen-bond acceptors (Lipinski definition) is 3. The van der Waals surface area contributed by atoms with Crippen LogP contribution in [0.2, 0.25) is 0 Å². The molecular weight excluding hydrogens is 240 g/mol. The van der Waals surface area contributed by atoms with Crippen LogP contribution < -0.4 is 10.1 Å². The number of rotatable bonds is 6. The lowest BCUT2D eigenvalue weighted by molar-refractivity contribution is -0.133. The highest BCUT2D eigenvalue weighted by Crippen LogP contribution is 2.14. The monoisotopic (exact) mass is 262 g/mol. The minimum Gasteiger partial charge on any atom is -0.497 e. The van der Waals surface area contributed by atoms with E-state index in [1.54, 1.807) is 7.11 Å². The molecule has 0 unspecified atom stereocenters. The molecule has 2 rings (SSSR count). The van der Waals surface area contributed by atoms with Crippen LogP contribution in [-0.2, 0) is 11.2 Å². The summed E-state index contributed by atoms with van der Waals surface area (Å²) >= 11 is 0. The molecule has 0 atom stereocenters. The van der Waals surface area contributed by atoms with E-state index in [4.69, 9.17) is 4.74 Å². The fourth-order valence-corrected chi connectivity index (χ4v) is 2.27. The first-order valence-electron chi connectivity index (χ1n) is 6.87. The molecule has 1 aromatic rings. The van der Waals surface area contributed by atoms with E-state index in [-0.39, 0.29) is 5.91 Å². The molecule has 1 amide bonds. The lowest BCUT2D eigenvalue weighted by atomic mass is 10.1. The Bertz CT molecular complexity index is 413. The summed E-state index contributed by atoms with van der Waals surface area (Å²) in [6, 6.07) is 8.10. The topological polar surface area (TPSA) is 41.6 Å². The summed E-state index contributed by atoms with van der Waals surface area (Å²) < 4.78 is 5.12. The predicted octanol–water partition coefficient (Wildman–Crippen LogP) is 1.45. The Kier molecular flexibility index (Phi) is 4.80. The Hall–Kier alpha value is -1.55. The molecule has 0 saturated carbocycles. The average Bonchev–Trinajstić information content (AvgIpc) is 2.37. The summed E-state index contributed by atoms with van der Waals surface area (Å²) in [4.78, 5) is 14.4. The number of ether oxygens (including phenoxy) is 1. The first kappa shape index (κ1) is 13.9. The van der Waals surface area contributed by atoms with E-state index in [0.29, 0.717) is 12.5 Å². The van der Waals surface area contributed by atoms with Crippen LogP contribution in [0.25, 0.3) is 0 Å². The summed E-state index contributed by atoms with van der Waals surface area (Å²) in [6.07, 6.45) is 1.48. The Morgan fingerprint density at radius 2 is 2.05 bits per heavy atom. The van der Waals surface area contributed by atoms with Crippen LogP contribution in [0.3, 0.4) is 0 Å². The SMILES string of the molecule is CCCN(C(=O)Cc1ccc(OC)cc1)C1CNC1. The van der Waals surface area contributed by atoms with Crippen molar-refractivity contribution in [2.24, 2.45) is 0 Å². The highest BCUT2D eigenvalue weighted by atomic mass is 16.5. The van der Waals surface area contributed by atoms with E-state index in [0.717, 1.165) is 37.4 Å².